The van der Waals surface area contributed by atoms with Crippen molar-refractivity contribution in [3.63, 3.8) is 0 Å². The topological polar surface area (TPSA) is 90.3 Å². The van der Waals surface area contributed by atoms with Crippen LogP contribution in [0.1, 0.15) is 12.5 Å². The molecule has 1 aromatic carbocycles. The van der Waals surface area contributed by atoms with Crippen LogP contribution in [0.4, 0.5) is 0 Å². The number of hydrogen-bond donors (Lipinski definition) is 4. The molecule has 1 aromatic rings. The number of phenolic OH excluding ortho intramolecular Hbond substituents is 1. The fraction of sp³-hybridized carbons (Fsp3) is 0.222. The summed E-state index contributed by atoms with van der Waals surface area (Å²) < 4.78 is 0. The van der Waals surface area contributed by atoms with E-state index < -0.39 is 5.60 Å². The minimum Gasteiger partial charge on any atom is -0.508 e. The van der Waals surface area contributed by atoms with Gasteiger partial charge in [-0.15, -0.1) is 0 Å². The van der Waals surface area contributed by atoms with Crippen molar-refractivity contribution in [1.82, 2.24) is 0 Å². The molecule has 0 saturated carbocycles. The Labute approximate surface area is 76.1 Å². The first-order valence-corrected chi connectivity index (χ1v) is 3.81. The number of nitrogens with one attached hydrogen (secondary N) is 1. The van der Waals surface area contributed by atoms with Crippen molar-refractivity contribution >= 4 is 5.84 Å². The Bertz CT molecular complexity index is 334. The van der Waals surface area contributed by atoms with E-state index in [9.17, 15) is 5.11 Å². The van der Waals surface area contributed by atoms with Crippen molar-refractivity contribution in [3.8, 4) is 5.75 Å². The molecule has 0 bridgehead atoms. The molecule has 0 spiro atoms. The Balaban J connectivity index is 3.14. The van der Waals surface area contributed by atoms with Gasteiger partial charge in [0.1, 0.15) is 17.2 Å². The highest BCUT2D eigenvalue weighted by molar-refractivity contribution is 5.86. The molecule has 0 radical (unpaired) electrons. The zero-order valence-electron chi connectivity index (χ0n) is 7.28. The molecule has 0 aliphatic heterocycles. The van der Waals surface area contributed by atoms with Crippen LogP contribution in [0.15, 0.2) is 24.3 Å². The van der Waals surface area contributed by atoms with Crippen LogP contribution in [-0.4, -0.2) is 16.0 Å². The van der Waals surface area contributed by atoms with Crippen LogP contribution in [0.2, 0.25) is 0 Å². The number of hydrogen-bond acceptors (Lipinski definition) is 3. The van der Waals surface area contributed by atoms with Crippen molar-refractivity contribution in [2.24, 2.45) is 5.73 Å². The lowest BCUT2D eigenvalue weighted by Crippen LogP contribution is -2.37. The lowest BCUT2D eigenvalue weighted by Gasteiger charge is -2.21. The fourth-order valence-electron chi connectivity index (χ4n) is 0.964. The van der Waals surface area contributed by atoms with Crippen LogP contribution in [0.3, 0.4) is 0 Å². The smallest absolute Gasteiger partial charge is 0.143 e. The highest BCUT2D eigenvalue weighted by Crippen LogP contribution is 2.23. The lowest BCUT2D eigenvalue weighted by molar-refractivity contribution is 0.130. The average Bonchev–Trinajstić information content (AvgIpc) is 2.04. The zero-order chi connectivity index (χ0) is 10.1. The largest absolute Gasteiger partial charge is 0.508 e. The Morgan fingerprint density at radius 3 is 2.62 bits per heavy atom. The van der Waals surface area contributed by atoms with Gasteiger partial charge in [0.2, 0.25) is 0 Å². The third-order valence-electron chi connectivity index (χ3n) is 1.93. The maximum atomic E-state index is 9.73. The maximum Gasteiger partial charge on any atom is 0.143 e. The molecule has 70 valence electrons. The summed E-state index contributed by atoms with van der Waals surface area (Å²) in [4.78, 5) is 0. The van der Waals surface area contributed by atoms with Gasteiger partial charge in [0, 0.05) is 0 Å². The van der Waals surface area contributed by atoms with Gasteiger partial charge in [-0.2, -0.15) is 0 Å². The summed E-state index contributed by atoms with van der Waals surface area (Å²) in [5, 5.41) is 26.0. The highest BCUT2D eigenvalue weighted by atomic mass is 16.3. The Kier molecular flexibility index (Phi) is 2.25. The Morgan fingerprint density at radius 1 is 1.54 bits per heavy atom. The molecule has 4 heteroatoms. The van der Waals surface area contributed by atoms with Gasteiger partial charge in [0.05, 0.1) is 0 Å². The zero-order valence-corrected chi connectivity index (χ0v) is 7.28. The molecule has 1 atom stereocenters. The number of benzene rings is 1. The molecule has 0 amide bonds. The highest BCUT2D eigenvalue weighted by Gasteiger charge is 2.26. The van der Waals surface area contributed by atoms with E-state index in [2.05, 4.69) is 0 Å². The summed E-state index contributed by atoms with van der Waals surface area (Å²) in [7, 11) is 0. The van der Waals surface area contributed by atoms with Crippen LogP contribution in [0.25, 0.3) is 0 Å². The van der Waals surface area contributed by atoms with E-state index in [1.54, 1.807) is 12.1 Å². The lowest BCUT2D eigenvalue weighted by atomic mass is 9.95. The summed E-state index contributed by atoms with van der Waals surface area (Å²) in [6.07, 6.45) is 0. The van der Waals surface area contributed by atoms with Crippen molar-refractivity contribution in [3.05, 3.63) is 29.8 Å². The van der Waals surface area contributed by atoms with Gasteiger partial charge in [0.25, 0.3) is 0 Å². The number of nitrogens with two attached hydrogens (primary N) is 1. The Hall–Kier alpha value is -1.55. The first kappa shape index (κ1) is 9.54. The predicted molar refractivity (Wildman–Crippen MR) is 49.6 cm³/mol. The first-order chi connectivity index (χ1) is 5.94. The van der Waals surface area contributed by atoms with Crippen molar-refractivity contribution in [1.29, 1.82) is 5.41 Å². The van der Waals surface area contributed by atoms with E-state index in [0.29, 0.717) is 5.56 Å². The summed E-state index contributed by atoms with van der Waals surface area (Å²) in [6.45, 7) is 1.41. The molecule has 13 heavy (non-hydrogen) atoms. The van der Waals surface area contributed by atoms with E-state index in [1.807, 2.05) is 0 Å². The van der Waals surface area contributed by atoms with Gasteiger partial charge in [-0.1, -0.05) is 12.1 Å². The van der Waals surface area contributed by atoms with Crippen LogP contribution in [0, 0.1) is 5.41 Å². The van der Waals surface area contributed by atoms with Gasteiger partial charge in [-0.3, -0.25) is 5.41 Å². The van der Waals surface area contributed by atoms with E-state index >= 15 is 0 Å². The second-order valence-corrected chi connectivity index (χ2v) is 3.04. The average molecular weight is 180 g/mol. The number of amidine groups is 1. The van der Waals surface area contributed by atoms with Crippen LogP contribution in [0.5, 0.6) is 5.75 Å². The van der Waals surface area contributed by atoms with Crippen LogP contribution in [-0.2, 0) is 5.60 Å². The third kappa shape index (κ3) is 1.78. The number of aliphatic hydroxyl groups is 1. The van der Waals surface area contributed by atoms with Gasteiger partial charge >= 0.3 is 0 Å². The van der Waals surface area contributed by atoms with E-state index in [0.717, 1.165) is 0 Å². The molecule has 0 aromatic heterocycles. The molecular weight excluding hydrogens is 168 g/mol. The molecule has 0 heterocycles. The molecule has 0 aliphatic carbocycles. The number of aromatic hydroxyl groups is 1. The van der Waals surface area contributed by atoms with E-state index in [-0.39, 0.29) is 11.6 Å². The molecule has 0 aliphatic rings. The first-order valence-electron chi connectivity index (χ1n) is 3.81. The molecule has 1 rings (SSSR count). The van der Waals surface area contributed by atoms with Gasteiger partial charge in [0.15, 0.2) is 0 Å². The minimum atomic E-state index is -1.52. The van der Waals surface area contributed by atoms with E-state index in [1.165, 1.54) is 19.1 Å². The van der Waals surface area contributed by atoms with Crippen molar-refractivity contribution < 1.29 is 10.2 Å². The second kappa shape index (κ2) is 3.06. The monoisotopic (exact) mass is 180 g/mol. The fourth-order valence-corrected chi connectivity index (χ4v) is 0.964. The van der Waals surface area contributed by atoms with Gasteiger partial charge < -0.3 is 15.9 Å². The molecule has 5 N–H and O–H groups in total. The van der Waals surface area contributed by atoms with Gasteiger partial charge in [-0.05, 0) is 24.6 Å². The molecule has 4 nitrogen and oxygen atoms in total. The second-order valence-electron chi connectivity index (χ2n) is 3.04. The van der Waals surface area contributed by atoms with Crippen molar-refractivity contribution in [2.75, 3.05) is 0 Å². The molecule has 1 unspecified atom stereocenters. The molecule has 0 saturated heterocycles. The summed E-state index contributed by atoms with van der Waals surface area (Å²) in [5.74, 6) is -0.308. The minimum absolute atomic E-state index is 0.0408. The van der Waals surface area contributed by atoms with E-state index in [4.69, 9.17) is 16.2 Å². The normalized spacial score (nSPS) is 14.9. The summed E-state index contributed by atoms with van der Waals surface area (Å²) >= 11 is 0. The third-order valence-corrected chi connectivity index (χ3v) is 1.93. The number of rotatable bonds is 2. The van der Waals surface area contributed by atoms with Crippen LogP contribution < -0.4 is 5.73 Å². The summed E-state index contributed by atoms with van der Waals surface area (Å²) in [5.41, 5.74) is 4.09. The standard InChI is InChI=1S/C9H12N2O2/c1-9(13,8(10)11)6-3-2-4-7(12)5-6/h2-5,12-13H,1H3,(H3,10,11). The maximum absolute atomic E-state index is 9.73. The van der Waals surface area contributed by atoms with Crippen LogP contribution >= 0.6 is 0 Å². The molecular formula is C9H12N2O2. The number of phenols is 1. The Morgan fingerprint density at radius 2 is 2.15 bits per heavy atom. The predicted octanol–water partition coefficient (Wildman–Crippen LogP) is 0.536. The van der Waals surface area contributed by atoms with Crippen molar-refractivity contribution in [2.45, 2.75) is 12.5 Å². The molecule has 0 fully saturated rings. The quantitative estimate of drug-likeness (QED) is 0.395. The van der Waals surface area contributed by atoms with Gasteiger partial charge in [-0.25, -0.2) is 0 Å². The SMILES string of the molecule is CC(O)(C(=N)N)c1cccc(O)c1. The summed E-state index contributed by atoms with van der Waals surface area (Å²) in [6, 6.07) is 6.05.